The van der Waals surface area contributed by atoms with Crippen molar-refractivity contribution in [2.45, 2.75) is 19.1 Å². The number of benzene rings is 1. The van der Waals surface area contributed by atoms with E-state index in [1.165, 1.54) is 7.11 Å². The average Bonchev–Trinajstić information content (AvgIpc) is 2.58. The summed E-state index contributed by atoms with van der Waals surface area (Å²) in [6.45, 7) is 3.04. The first-order chi connectivity index (χ1) is 11.2. The molecule has 1 aromatic carbocycles. The van der Waals surface area contributed by atoms with E-state index >= 15 is 0 Å². The van der Waals surface area contributed by atoms with Gasteiger partial charge in [0.15, 0.2) is 0 Å². The molecule has 2 atom stereocenters. The van der Waals surface area contributed by atoms with Crippen molar-refractivity contribution in [3.05, 3.63) is 48.0 Å². The second kappa shape index (κ2) is 11.6. The Balaban J connectivity index is 2.53. The molecule has 0 bridgehead atoms. The van der Waals surface area contributed by atoms with E-state index in [9.17, 15) is 4.79 Å². The molecule has 0 heterocycles. The first-order valence-electron chi connectivity index (χ1n) is 7.33. The maximum absolute atomic E-state index is 11.4. The highest BCUT2D eigenvalue weighted by molar-refractivity contribution is 5.60. The van der Waals surface area contributed by atoms with Crippen LogP contribution >= 0.6 is 0 Å². The number of methoxy groups -OCH3 is 2. The first-order valence-corrected chi connectivity index (χ1v) is 7.33. The zero-order chi connectivity index (χ0) is 16.9. The van der Waals surface area contributed by atoms with Gasteiger partial charge in [0.2, 0.25) is 0 Å². The molecule has 1 aromatic rings. The Morgan fingerprint density at radius 3 is 2.52 bits per heavy atom. The van der Waals surface area contributed by atoms with Gasteiger partial charge < -0.3 is 23.7 Å². The van der Waals surface area contributed by atoms with E-state index in [0.717, 1.165) is 5.56 Å². The highest BCUT2D eigenvalue weighted by Crippen LogP contribution is 2.19. The third-order valence-electron chi connectivity index (χ3n) is 2.92. The van der Waals surface area contributed by atoms with E-state index in [1.54, 1.807) is 19.3 Å². The van der Waals surface area contributed by atoms with Crippen LogP contribution in [0.5, 0.6) is 0 Å². The Hall–Kier alpha value is -1.89. The molecule has 128 valence electrons. The number of ether oxygens (including phenoxy) is 5. The first kappa shape index (κ1) is 19.2. The molecule has 0 radical (unpaired) electrons. The summed E-state index contributed by atoms with van der Waals surface area (Å²) in [4.78, 5) is 11.4. The van der Waals surface area contributed by atoms with Crippen molar-refractivity contribution in [3.63, 3.8) is 0 Å². The van der Waals surface area contributed by atoms with Crippen LogP contribution in [0.1, 0.15) is 18.6 Å². The highest BCUT2D eigenvalue weighted by atomic mass is 16.7. The van der Waals surface area contributed by atoms with E-state index in [0.29, 0.717) is 13.2 Å². The predicted molar refractivity (Wildman–Crippen MR) is 85.1 cm³/mol. The van der Waals surface area contributed by atoms with Gasteiger partial charge in [-0.25, -0.2) is 4.79 Å². The Morgan fingerprint density at radius 2 is 1.87 bits per heavy atom. The smallest absolute Gasteiger partial charge is 0.438 e. The third-order valence-corrected chi connectivity index (χ3v) is 2.92. The summed E-state index contributed by atoms with van der Waals surface area (Å²) in [5.74, 6) is 0. The van der Waals surface area contributed by atoms with Crippen LogP contribution in [0, 0.1) is 0 Å². The van der Waals surface area contributed by atoms with Crippen molar-refractivity contribution in [1.82, 2.24) is 0 Å². The molecule has 23 heavy (non-hydrogen) atoms. The lowest BCUT2D eigenvalue weighted by atomic mass is 10.1. The number of hydrogen-bond donors (Lipinski definition) is 0. The van der Waals surface area contributed by atoms with Crippen LogP contribution in [0.15, 0.2) is 42.5 Å². The van der Waals surface area contributed by atoms with Gasteiger partial charge >= 0.3 is 6.16 Å². The van der Waals surface area contributed by atoms with Crippen molar-refractivity contribution >= 4 is 6.16 Å². The molecule has 0 spiro atoms. The maximum atomic E-state index is 11.4. The van der Waals surface area contributed by atoms with Crippen LogP contribution in [-0.4, -0.2) is 46.5 Å². The van der Waals surface area contributed by atoms with Gasteiger partial charge in [-0.05, 0) is 18.6 Å². The average molecular weight is 324 g/mol. The lowest BCUT2D eigenvalue weighted by Crippen LogP contribution is -2.13. The topological polar surface area (TPSA) is 63.2 Å². The van der Waals surface area contributed by atoms with Crippen molar-refractivity contribution in [1.29, 1.82) is 0 Å². The normalized spacial score (nSPS) is 13.7. The summed E-state index contributed by atoms with van der Waals surface area (Å²) >= 11 is 0. The minimum Gasteiger partial charge on any atom is -0.438 e. The Kier molecular flexibility index (Phi) is 9.70. The van der Waals surface area contributed by atoms with Gasteiger partial charge in [0, 0.05) is 7.11 Å². The van der Waals surface area contributed by atoms with Gasteiger partial charge in [-0.2, -0.15) is 0 Å². The van der Waals surface area contributed by atoms with E-state index < -0.39 is 12.3 Å². The third kappa shape index (κ3) is 8.35. The summed E-state index contributed by atoms with van der Waals surface area (Å²) in [5.41, 5.74) is 0.845. The molecule has 0 aliphatic carbocycles. The second-order valence-corrected chi connectivity index (χ2v) is 4.68. The zero-order valence-corrected chi connectivity index (χ0v) is 13.8. The van der Waals surface area contributed by atoms with Crippen LogP contribution < -0.4 is 0 Å². The maximum Gasteiger partial charge on any atom is 0.508 e. The number of hydrogen-bond acceptors (Lipinski definition) is 6. The molecule has 6 heteroatoms. The van der Waals surface area contributed by atoms with Gasteiger partial charge in [-0.3, -0.25) is 0 Å². The largest absolute Gasteiger partial charge is 0.508 e. The summed E-state index contributed by atoms with van der Waals surface area (Å²) in [6.07, 6.45) is 2.10. The van der Waals surface area contributed by atoms with E-state index in [1.807, 2.05) is 37.3 Å². The van der Waals surface area contributed by atoms with Gasteiger partial charge in [0.25, 0.3) is 0 Å². The monoisotopic (exact) mass is 324 g/mol. The minimum absolute atomic E-state index is 0.169. The fourth-order valence-corrected chi connectivity index (χ4v) is 1.68. The van der Waals surface area contributed by atoms with Gasteiger partial charge in [-0.1, -0.05) is 36.4 Å². The fraction of sp³-hybridized carbons (Fsp3) is 0.471. The number of carbonyl (C=O) groups is 1. The molecule has 0 N–H and O–H groups in total. The van der Waals surface area contributed by atoms with Crippen molar-refractivity contribution in [3.8, 4) is 0 Å². The molecule has 6 nitrogen and oxygen atoms in total. The van der Waals surface area contributed by atoms with Gasteiger partial charge in [-0.15, -0.1) is 0 Å². The summed E-state index contributed by atoms with van der Waals surface area (Å²) < 4.78 is 25.4. The molecule has 0 aliphatic heterocycles. The molecule has 1 rings (SSSR count). The molecule has 0 aromatic heterocycles. The van der Waals surface area contributed by atoms with Crippen LogP contribution in [0.3, 0.4) is 0 Å². The number of rotatable bonds is 10. The van der Waals surface area contributed by atoms with Gasteiger partial charge in [0.05, 0.1) is 26.4 Å². The molecule has 0 aliphatic rings. The van der Waals surface area contributed by atoms with Crippen molar-refractivity contribution in [2.24, 2.45) is 0 Å². The Labute approximate surface area is 136 Å². The molecule has 0 fully saturated rings. The van der Waals surface area contributed by atoms with Crippen LogP contribution in [0.4, 0.5) is 4.79 Å². The molecule has 0 saturated carbocycles. The quantitative estimate of drug-likeness (QED) is 0.285. The van der Waals surface area contributed by atoms with Crippen molar-refractivity contribution in [2.75, 3.05) is 34.2 Å². The minimum atomic E-state index is -0.736. The molecular weight excluding hydrogens is 300 g/mol. The highest BCUT2D eigenvalue weighted by Gasteiger charge is 2.14. The molecular formula is C17H24O6. The van der Waals surface area contributed by atoms with E-state index in [-0.39, 0.29) is 12.9 Å². The predicted octanol–water partition coefficient (Wildman–Crippen LogP) is 3.09. The molecule has 0 unspecified atom stereocenters. The number of carbonyl (C=O) groups excluding carboxylic acids is 1. The zero-order valence-electron chi connectivity index (χ0n) is 13.8. The molecule has 0 saturated heterocycles. The summed E-state index contributed by atoms with van der Waals surface area (Å²) in [7, 11) is 2.89. The molecule has 0 amide bonds. The Morgan fingerprint density at radius 1 is 1.13 bits per heavy atom. The second-order valence-electron chi connectivity index (χ2n) is 4.68. The van der Waals surface area contributed by atoms with Crippen molar-refractivity contribution < 1.29 is 28.5 Å². The SMILES string of the molecule is COCCOCO[C@@H](C)/C=C/[C@@H](OC(=O)OC)c1ccccc1. The van der Waals surface area contributed by atoms with Crippen LogP contribution in [0.2, 0.25) is 0 Å². The standard InChI is InChI=1S/C17H24O6/c1-14(22-13-21-12-11-19-2)9-10-16(23-17(18)20-3)15-7-5-4-6-8-15/h4-10,14,16H,11-13H2,1-3H3/b10-9+/t14-,16+/m0/s1. The van der Waals surface area contributed by atoms with Crippen LogP contribution in [-0.2, 0) is 23.7 Å². The lowest BCUT2D eigenvalue weighted by molar-refractivity contribution is -0.0805. The van der Waals surface area contributed by atoms with E-state index in [2.05, 4.69) is 4.74 Å². The summed E-state index contributed by atoms with van der Waals surface area (Å²) in [5, 5.41) is 0. The Bertz CT molecular complexity index is 459. The van der Waals surface area contributed by atoms with Gasteiger partial charge in [0.1, 0.15) is 12.9 Å². The van der Waals surface area contributed by atoms with E-state index in [4.69, 9.17) is 18.9 Å². The van der Waals surface area contributed by atoms with Crippen LogP contribution in [0.25, 0.3) is 0 Å². The fourth-order valence-electron chi connectivity index (χ4n) is 1.68. The summed E-state index contributed by atoms with van der Waals surface area (Å²) in [6, 6.07) is 9.39. The lowest BCUT2D eigenvalue weighted by Gasteiger charge is -2.15.